The molecular weight excluding hydrogens is 220 g/mol. The van der Waals surface area contributed by atoms with Gasteiger partial charge in [-0.2, -0.15) is 0 Å². The van der Waals surface area contributed by atoms with Crippen LogP contribution in [0.5, 0.6) is 11.5 Å². The number of aryl methyl sites for hydroxylation is 1. The molecule has 1 aromatic rings. The van der Waals surface area contributed by atoms with Crippen LogP contribution in [0.25, 0.3) is 0 Å². The average molecular weight is 236 g/mol. The molecule has 0 amide bonds. The van der Waals surface area contributed by atoms with E-state index in [0.717, 1.165) is 5.56 Å². The second kappa shape index (κ2) is 6.78. The molecule has 2 radical (unpaired) electrons. The molecule has 0 N–H and O–H groups in total. The summed E-state index contributed by atoms with van der Waals surface area (Å²) in [4.78, 5) is 11.2. The zero-order valence-corrected chi connectivity index (χ0v) is 10.1. The number of ether oxygens (including phenoxy) is 3. The third-order valence-electron chi connectivity index (χ3n) is 2.28. The minimum atomic E-state index is -0.203. The summed E-state index contributed by atoms with van der Waals surface area (Å²) in [6.07, 6.45) is 0.944. The lowest BCUT2D eigenvalue weighted by molar-refractivity contribution is -0.143. The fourth-order valence-corrected chi connectivity index (χ4v) is 1.44. The molecule has 1 rings (SSSR count). The molecule has 0 fully saturated rings. The molecule has 17 heavy (non-hydrogen) atoms. The number of rotatable bonds is 6. The Bertz CT molecular complexity index is 374. The van der Waals surface area contributed by atoms with Crippen molar-refractivity contribution in [2.75, 3.05) is 13.7 Å². The van der Waals surface area contributed by atoms with Crippen LogP contribution in [0, 0.1) is 7.11 Å². The van der Waals surface area contributed by atoms with E-state index in [1.165, 1.54) is 7.11 Å². The van der Waals surface area contributed by atoms with E-state index in [0.29, 0.717) is 30.9 Å². The highest BCUT2D eigenvalue weighted by atomic mass is 16.5. The molecule has 0 bridgehead atoms. The Balaban J connectivity index is 2.63. The predicted octanol–water partition coefficient (Wildman–Crippen LogP) is 2.24. The molecule has 0 spiro atoms. The number of carbonyl (C=O) groups excluding carboxylic acids is 1. The Hall–Kier alpha value is -1.71. The summed E-state index contributed by atoms with van der Waals surface area (Å²) in [7, 11) is 6.62. The van der Waals surface area contributed by atoms with Crippen LogP contribution in [0.4, 0.5) is 0 Å². The monoisotopic (exact) mass is 236 g/mol. The van der Waals surface area contributed by atoms with Crippen LogP contribution in [-0.4, -0.2) is 19.7 Å². The van der Waals surface area contributed by atoms with Crippen LogP contribution in [0.3, 0.4) is 0 Å². The summed E-state index contributed by atoms with van der Waals surface area (Å²) in [5.74, 6) is 0.812. The first-order chi connectivity index (χ1) is 8.21. The first-order valence-electron chi connectivity index (χ1n) is 5.40. The minimum absolute atomic E-state index is 0.203. The largest absolute Gasteiger partial charge is 0.493 e. The normalized spacial score (nSPS) is 9.82. The van der Waals surface area contributed by atoms with Crippen LogP contribution in [0.2, 0.25) is 0 Å². The van der Waals surface area contributed by atoms with E-state index in [-0.39, 0.29) is 5.97 Å². The molecule has 0 saturated heterocycles. The maximum atomic E-state index is 11.2. The lowest BCUT2D eigenvalue weighted by atomic mass is 10.1. The number of hydrogen-bond acceptors (Lipinski definition) is 4. The lowest BCUT2D eigenvalue weighted by Crippen LogP contribution is -2.05. The first-order valence-corrected chi connectivity index (χ1v) is 5.40. The van der Waals surface area contributed by atoms with E-state index in [4.69, 9.17) is 16.6 Å². The Kier molecular flexibility index (Phi) is 5.33. The minimum Gasteiger partial charge on any atom is -0.493 e. The third kappa shape index (κ3) is 3.98. The molecule has 0 aliphatic carbocycles. The molecule has 1 aromatic carbocycles. The van der Waals surface area contributed by atoms with E-state index >= 15 is 0 Å². The van der Waals surface area contributed by atoms with Crippen molar-refractivity contribution < 1.29 is 19.0 Å². The van der Waals surface area contributed by atoms with Gasteiger partial charge >= 0.3 is 5.97 Å². The van der Waals surface area contributed by atoms with Gasteiger partial charge in [0.2, 0.25) is 0 Å². The standard InChI is InChI=1S/C13H16O4/c1-4-17-13(14)8-6-10-5-7-11(15-2)12(9-10)16-3/h2,5,7,9H,4,6,8H2,1,3H3. The summed E-state index contributed by atoms with van der Waals surface area (Å²) in [6.45, 7) is 2.19. The maximum absolute atomic E-state index is 11.2. The van der Waals surface area contributed by atoms with Gasteiger partial charge in [-0.05, 0) is 31.0 Å². The van der Waals surface area contributed by atoms with Crippen molar-refractivity contribution in [2.45, 2.75) is 19.8 Å². The molecule has 0 saturated carbocycles. The molecule has 0 unspecified atom stereocenters. The highest BCUT2D eigenvalue weighted by Gasteiger charge is 2.07. The molecule has 0 atom stereocenters. The smallest absolute Gasteiger partial charge is 0.306 e. The molecule has 4 nitrogen and oxygen atoms in total. The molecule has 0 heterocycles. The van der Waals surface area contributed by atoms with Crippen molar-refractivity contribution >= 4 is 5.97 Å². The van der Waals surface area contributed by atoms with Gasteiger partial charge < -0.3 is 14.2 Å². The Labute approximate surface area is 101 Å². The fraction of sp³-hybridized carbons (Fsp3) is 0.385. The van der Waals surface area contributed by atoms with Gasteiger partial charge in [-0.25, -0.2) is 0 Å². The van der Waals surface area contributed by atoms with E-state index in [1.54, 1.807) is 19.1 Å². The molecule has 92 valence electrons. The van der Waals surface area contributed by atoms with Crippen LogP contribution in [0.15, 0.2) is 18.2 Å². The Morgan fingerprint density at radius 2 is 2.12 bits per heavy atom. The number of esters is 1. The van der Waals surface area contributed by atoms with Crippen molar-refractivity contribution in [3.63, 3.8) is 0 Å². The summed E-state index contributed by atoms with van der Waals surface area (Å²) in [5.41, 5.74) is 0.968. The summed E-state index contributed by atoms with van der Waals surface area (Å²) in [5, 5.41) is 0. The zero-order chi connectivity index (χ0) is 12.7. The lowest BCUT2D eigenvalue weighted by Gasteiger charge is -2.08. The van der Waals surface area contributed by atoms with Crippen molar-refractivity contribution in [3.05, 3.63) is 30.9 Å². The van der Waals surface area contributed by atoms with Gasteiger partial charge in [-0.3, -0.25) is 4.79 Å². The summed E-state index contributed by atoms with van der Waals surface area (Å²) >= 11 is 0. The summed E-state index contributed by atoms with van der Waals surface area (Å²) < 4.78 is 14.6. The topological polar surface area (TPSA) is 44.8 Å². The number of methoxy groups -OCH3 is 1. The second-order valence-electron chi connectivity index (χ2n) is 3.41. The molecule has 0 aromatic heterocycles. The van der Waals surface area contributed by atoms with Gasteiger partial charge in [0.1, 0.15) is 0 Å². The van der Waals surface area contributed by atoms with E-state index in [9.17, 15) is 4.79 Å². The van der Waals surface area contributed by atoms with Crippen LogP contribution in [0.1, 0.15) is 18.9 Å². The van der Waals surface area contributed by atoms with E-state index in [1.807, 2.05) is 6.07 Å². The molecule has 0 aliphatic heterocycles. The van der Waals surface area contributed by atoms with Crippen LogP contribution in [-0.2, 0) is 16.0 Å². The fourth-order valence-electron chi connectivity index (χ4n) is 1.44. The Morgan fingerprint density at radius 1 is 1.35 bits per heavy atom. The number of benzene rings is 1. The zero-order valence-electron chi connectivity index (χ0n) is 10.1. The van der Waals surface area contributed by atoms with Gasteiger partial charge in [0.15, 0.2) is 18.6 Å². The van der Waals surface area contributed by atoms with Gasteiger partial charge in [-0.1, -0.05) is 6.07 Å². The highest BCUT2D eigenvalue weighted by Crippen LogP contribution is 2.28. The number of carbonyl (C=O) groups is 1. The van der Waals surface area contributed by atoms with Gasteiger partial charge in [0.05, 0.1) is 13.7 Å². The molecule has 4 heteroatoms. The van der Waals surface area contributed by atoms with Crippen LogP contribution < -0.4 is 9.47 Å². The SMILES string of the molecule is [CH]Oc1ccc(CCC(=O)OCC)cc1OC. The van der Waals surface area contributed by atoms with Crippen molar-refractivity contribution in [2.24, 2.45) is 0 Å². The molecular formula is C13H16O4. The van der Waals surface area contributed by atoms with Crippen molar-refractivity contribution in [1.82, 2.24) is 0 Å². The average Bonchev–Trinajstić information content (AvgIpc) is 2.36. The van der Waals surface area contributed by atoms with Gasteiger partial charge in [0.25, 0.3) is 0 Å². The Morgan fingerprint density at radius 3 is 2.71 bits per heavy atom. The maximum Gasteiger partial charge on any atom is 0.306 e. The van der Waals surface area contributed by atoms with Crippen molar-refractivity contribution in [1.29, 1.82) is 0 Å². The van der Waals surface area contributed by atoms with Crippen LogP contribution >= 0.6 is 0 Å². The van der Waals surface area contributed by atoms with Gasteiger partial charge in [-0.15, -0.1) is 0 Å². The molecule has 0 aliphatic rings. The van der Waals surface area contributed by atoms with E-state index < -0.39 is 0 Å². The highest BCUT2D eigenvalue weighted by molar-refractivity contribution is 5.69. The predicted molar refractivity (Wildman–Crippen MR) is 62.9 cm³/mol. The van der Waals surface area contributed by atoms with Crippen molar-refractivity contribution in [3.8, 4) is 11.5 Å². The van der Waals surface area contributed by atoms with Gasteiger partial charge in [0, 0.05) is 6.42 Å². The second-order valence-corrected chi connectivity index (χ2v) is 3.41. The summed E-state index contributed by atoms with van der Waals surface area (Å²) in [6, 6.07) is 5.34. The third-order valence-corrected chi connectivity index (χ3v) is 2.28. The van der Waals surface area contributed by atoms with E-state index in [2.05, 4.69) is 4.74 Å². The quantitative estimate of drug-likeness (QED) is 0.710. The number of hydrogen-bond donors (Lipinski definition) is 0. The first kappa shape index (κ1) is 13.4.